The van der Waals surface area contributed by atoms with Crippen LogP contribution in [-0.2, 0) is 0 Å². The second-order valence-corrected chi connectivity index (χ2v) is 3.31. The van der Waals surface area contributed by atoms with E-state index in [0.29, 0.717) is 5.82 Å². The molecule has 0 aliphatic rings. The van der Waals surface area contributed by atoms with Crippen molar-refractivity contribution >= 4 is 16.7 Å². The Kier molecular flexibility index (Phi) is 3.25. The molecule has 80 valence electrons. The van der Waals surface area contributed by atoms with E-state index in [9.17, 15) is 17.6 Å². The standard InChI is InChI=1S/C6H7F4N3S/c1-3-12-5(14-13-3)11-2-6(9,10)4(7)8/h4H,2H2,1H3,(H,11,12,13). The Morgan fingerprint density at radius 1 is 1.50 bits per heavy atom. The molecule has 0 saturated heterocycles. The Balaban J connectivity index is 2.48. The summed E-state index contributed by atoms with van der Waals surface area (Å²) >= 11 is 0.851. The number of nitrogens with one attached hydrogen (secondary N) is 1. The summed E-state index contributed by atoms with van der Waals surface area (Å²) in [5, 5.41) is 2.22. The SMILES string of the molecule is Cc1nsc(NCC(F)(F)C(F)F)n1. The molecule has 0 fully saturated rings. The van der Waals surface area contributed by atoms with Gasteiger partial charge in [0.1, 0.15) is 5.82 Å². The van der Waals surface area contributed by atoms with Crippen molar-refractivity contribution in [3.8, 4) is 0 Å². The molecule has 0 saturated carbocycles. The summed E-state index contributed by atoms with van der Waals surface area (Å²) in [5.41, 5.74) is 0. The van der Waals surface area contributed by atoms with Gasteiger partial charge in [0.25, 0.3) is 0 Å². The van der Waals surface area contributed by atoms with E-state index in [1.54, 1.807) is 6.92 Å². The van der Waals surface area contributed by atoms with Crippen LogP contribution in [0.25, 0.3) is 0 Å². The molecule has 0 aliphatic carbocycles. The number of rotatable bonds is 4. The largest absolute Gasteiger partial charge is 0.354 e. The lowest BCUT2D eigenvalue weighted by atomic mass is 10.3. The molecule has 8 heteroatoms. The van der Waals surface area contributed by atoms with E-state index in [-0.39, 0.29) is 5.13 Å². The van der Waals surface area contributed by atoms with Gasteiger partial charge in [0, 0.05) is 11.5 Å². The highest BCUT2D eigenvalue weighted by atomic mass is 32.1. The van der Waals surface area contributed by atoms with E-state index < -0.39 is 18.9 Å². The van der Waals surface area contributed by atoms with Crippen LogP contribution in [0.3, 0.4) is 0 Å². The molecule has 0 aromatic carbocycles. The average molecular weight is 229 g/mol. The average Bonchev–Trinajstić information content (AvgIpc) is 2.48. The van der Waals surface area contributed by atoms with Gasteiger partial charge in [0.05, 0.1) is 6.54 Å². The first kappa shape index (κ1) is 11.2. The van der Waals surface area contributed by atoms with Crippen LogP contribution in [0.2, 0.25) is 0 Å². The zero-order chi connectivity index (χ0) is 10.8. The number of hydrogen-bond donors (Lipinski definition) is 1. The predicted molar refractivity (Wildman–Crippen MR) is 44.1 cm³/mol. The maximum Gasteiger partial charge on any atom is 0.324 e. The van der Waals surface area contributed by atoms with E-state index >= 15 is 0 Å². The second kappa shape index (κ2) is 4.07. The molecule has 1 N–H and O–H groups in total. The maximum absolute atomic E-state index is 12.4. The summed E-state index contributed by atoms with van der Waals surface area (Å²) in [5.74, 6) is -3.63. The van der Waals surface area contributed by atoms with Gasteiger partial charge in [-0.15, -0.1) is 0 Å². The topological polar surface area (TPSA) is 37.8 Å². The number of anilines is 1. The molecular weight excluding hydrogens is 222 g/mol. The number of aryl methyl sites for hydroxylation is 1. The van der Waals surface area contributed by atoms with Gasteiger partial charge in [-0.05, 0) is 6.92 Å². The van der Waals surface area contributed by atoms with Gasteiger partial charge in [-0.1, -0.05) is 0 Å². The van der Waals surface area contributed by atoms with Crippen molar-refractivity contribution in [1.82, 2.24) is 9.36 Å². The third-order valence-electron chi connectivity index (χ3n) is 1.32. The molecule has 1 heterocycles. The fourth-order valence-corrected chi connectivity index (χ4v) is 1.21. The monoisotopic (exact) mass is 229 g/mol. The van der Waals surface area contributed by atoms with Gasteiger partial charge in [0.15, 0.2) is 0 Å². The van der Waals surface area contributed by atoms with Gasteiger partial charge in [-0.25, -0.2) is 13.8 Å². The molecule has 3 nitrogen and oxygen atoms in total. The minimum atomic E-state index is -4.04. The molecule has 1 aromatic rings. The van der Waals surface area contributed by atoms with Crippen molar-refractivity contribution in [2.75, 3.05) is 11.9 Å². The molecule has 1 rings (SSSR count). The zero-order valence-corrected chi connectivity index (χ0v) is 7.92. The number of alkyl halides is 4. The first-order chi connectivity index (χ1) is 6.42. The first-order valence-electron chi connectivity index (χ1n) is 3.62. The molecule has 0 atom stereocenters. The van der Waals surface area contributed by atoms with Crippen LogP contribution < -0.4 is 5.32 Å². The van der Waals surface area contributed by atoms with Gasteiger partial charge in [0.2, 0.25) is 5.13 Å². The zero-order valence-electron chi connectivity index (χ0n) is 7.10. The Bertz CT molecular complexity index is 301. The van der Waals surface area contributed by atoms with Crippen molar-refractivity contribution < 1.29 is 17.6 Å². The third-order valence-corrected chi connectivity index (χ3v) is 2.09. The van der Waals surface area contributed by atoms with Crippen LogP contribution in [-0.4, -0.2) is 28.3 Å². The summed E-state index contributed by atoms with van der Waals surface area (Å²) in [6.45, 7) is 0.437. The molecule has 0 bridgehead atoms. The molecule has 0 aliphatic heterocycles. The number of halogens is 4. The van der Waals surface area contributed by atoms with E-state index in [1.807, 2.05) is 0 Å². The number of hydrogen-bond acceptors (Lipinski definition) is 4. The van der Waals surface area contributed by atoms with Crippen molar-refractivity contribution in [2.24, 2.45) is 0 Å². The maximum atomic E-state index is 12.4. The summed E-state index contributed by atoms with van der Waals surface area (Å²) in [7, 11) is 0. The van der Waals surface area contributed by atoms with Crippen molar-refractivity contribution in [1.29, 1.82) is 0 Å². The van der Waals surface area contributed by atoms with Gasteiger partial charge in [-0.2, -0.15) is 13.2 Å². The van der Waals surface area contributed by atoms with Crippen molar-refractivity contribution in [3.63, 3.8) is 0 Å². The van der Waals surface area contributed by atoms with Crippen LogP contribution in [0.5, 0.6) is 0 Å². The first-order valence-corrected chi connectivity index (χ1v) is 4.39. The van der Waals surface area contributed by atoms with E-state index in [0.717, 1.165) is 11.5 Å². The van der Waals surface area contributed by atoms with Crippen LogP contribution >= 0.6 is 11.5 Å². The number of nitrogens with zero attached hydrogens (tertiary/aromatic N) is 2. The van der Waals surface area contributed by atoms with Crippen LogP contribution in [0.1, 0.15) is 5.82 Å². The highest BCUT2D eigenvalue weighted by Crippen LogP contribution is 2.23. The molecule has 0 amide bonds. The normalized spacial score (nSPS) is 12.1. The van der Waals surface area contributed by atoms with Crippen LogP contribution in [0.15, 0.2) is 0 Å². The van der Waals surface area contributed by atoms with Crippen LogP contribution in [0.4, 0.5) is 22.7 Å². The third kappa shape index (κ3) is 2.79. The minimum Gasteiger partial charge on any atom is -0.354 e. The highest BCUT2D eigenvalue weighted by molar-refractivity contribution is 7.09. The van der Waals surface area contributed by atoms with Gasteiger partial charge < -0.3 is 5.32 Å². The Hall–Kier alpha value is -0.920. The minimum absolute atomic E-state index is 0.114. The fraction of sp³-hybridized carbons (Fsp3) is 0.667. The second-order valence-electron chi connectivity index (χ2n) is 2.56. The Labute approximate surface area is 81.3 Å². The van der Waals surface area contributed by atoms with E-state index in [2.05, 4.69) is 14.7 Å². The highest BCUT2D eigenvalue weighted by Gasteiger charge is 2.40. The van der Waals surface area contributed by atoms with Crippen molar-refractivity contribution in [2.45, 2.75) is 19.3 Å². The quantitative estimate of drug-likeness (QED) is 0.804. The Morgan fingerprint density at radius 2 is 2.14 bits per heavy atom. The fourth-order valence-electron chi connectivity index (χ4n) is 0.639. The molecule has 0 radical (unpaired) electrons. The van der Waals surface area contributed by atoms with Crippen molar-refractivity contribution in [3.05, 3.63) is 5.82 Å². The predicted octanol–water partition coefficient (Wildman–Crippen LogP) is 2.16. The summed E-state index contributed by atoms with van der Waals surface area (Å²) in [6.07, 6.45) is -3.68. The van der Waals surface area contributed by atoms with Crippen LogP contribution in [0, 0.1) is 6.92 Å². The number of aromatic nitrogens is 2. The molecule has 0 unspecified atom stereocenters. The smallest absolute Gasteiger partial charge is 0.324 e. The molecular formula is C6H7F4N3S. The van der Waals surface area contributed by atoms with Gasteiger partial charge >= 0.3 is 12.3 Å². The molecule has 1 aromatic heterocycles. The lowest BCUT2D eigenvalue weighted by molar-refractivity contribution is -0.117. The van der Waals surface area contributed by atoms with E-state index in [4.69, 9.17) is 0 Å². The lowest BCUT2D eigenvalue weighted by Crippen LogP contribution is -2.34. The summed E-state index contributed by atoms with van der Waals surface area (Å²) < 4.78 is 51.9. The van der Waals surface area contributed by atoms with E-state index in [1.165, 1.54) is 0 Å². The molecule has 14 heavy (non-hydrogen) atoms. The summed E-state index contributed by atoms with van der Waals surface area (Å²) in [6, 6.07) is 0. The molecule has 0 spiro atoms. The Morgan fingerprint density at radius 3 is 2.57 bits per heavy atom. The summed E-state index contributed by atoms with van der Waals surface area (Å²) in [4.78, 5) is 3.69. The lowest BCUT2D eigenvalue weighted by Gasteiger charge is -2.14. The van der Waals surface area contributed by atoms with Gasteiger partial charge in [-0.3, -0.25) is 0 Å².